The molecule has 0 radical (unpaired) electrons. The maximum absolute atomic E-state index is 12.0. The van der Waals surface area contributed by atoms with Gasteiger partial charge in [-0.05, 0) is 26.0 Å². The normalized spacial score (nSPS) is 11.6. The number of carbonyl (C=O) groups is 2. The van der Waals surface area contributed by atoms with Gasteiger partial charge < -0.3 is 20.5 Å². The summed E-state index contributed by atoms with van der Waals surface area (Å²) in [5.41, 5.74) is 7.61. The summed E-state index contributed by atoms with van der Waals surface area (Å²) in [5, 5.41) is 9.52. The minimum atomic E-state index is -0.453. The number of carbonyl (C=O) groups excluding carboxylic acids is 2. The molecular weight excluding hydrogens is 392 g/mol. The molecule has 0 spiro atoms. The molecule has 1 aromatic heterocycles. The molecule has 0 saturated heterocycles. The molecule has 3 N–H and O–H groups in total. The first-order chi connectivity index (χ1) is 13.9. The lowest BCUT2D eigenvalue weighted by Crippen LogP contribution is -2.22. The second-order valence-corrected chi connectivity index (χ2v) is 7.27. The Hall–Kier alpha value is -2.91. The van der Waals surface area contributed by atoms with E-state index in [1.807, 2.05) is 6.07 Å². The Kier molecular flexibility index (Phi) is 8.17. The highest BCUT2D eigenvalue weighted by atomic mass is 32.2. The number of aliphatic hydroxyl groups excluding tert-OH is 1. The third-order valence-electron chi connectivity index (χ3n) is 4.19. The molecule has 154 valence electrons. The molecule has 0 atom stereocenters. The summed E-state index contributed by atoms with van der Waals surface area (Å²) in [4.78, 5) is 35.0. The van der Waals surface area contributed by atoms with Gasteiger partial charge in [0.25, 0.3) is 0 Å². The highest BCUT2D eigenvalue weighted by Gasteiger charge is 2.17. The van der Waals surface area contributed by atoms with Crippen LogP contribution >= 0.6 is 11.8 Å². The lowest BCUT2D eigenvalue weighted by atomic mass is 10.2. The zero-order valence-electron chi connectivity index (χ0n) is 16.6. The number of nitrogens with two attached hydrogens (primary N) is 1. The number of rotatable bonds is 9. The van der Waals surface area contributed by atoms with Crippen LogP contribution in [0, 0.1) is 6.92 Å². The minimum absolute atomic E-state index is 0.109. The molecule has 0 fully saturated rings. The van der Waals surface area contributed by atoms with Crippen molar-refractivity contribution >= 4 is 30.0 Å². The monoisotopic (exact) mass is 416 g/mol. The van der Waals surface area contributed by atoms with Crippen LogP contribution < -0.4 is 5.73 Å². The molecule has 8 nitrogen and oxygen atoms in total. The van der Waals surface area contributed by atoms with Gasteiger partial charge in [-0.3, -0.25) is 4.79 Å². The number of ether oxygens (including phenoxy) is 1. The fourth-order valence-corrected chi connectivity index (χ4v) is 3.72. The van der Waals surface area contributed by atoms with Crippen LogP contribution in [0.1, 0.15) is 35.1 Å². The number of esters is 1. The van der Waals surface area contributed by atoms with E-state index in [1.165, 1.54) is 23.8 Å². The molecule has 0 bridgehead atoms. The Morgan fingerprint density at radius 3 is 2.72 bits per heavy atom. The molecule has 0 aliphatic rings. The summed E-state index contributed by atoms with van der Waals surface area (Å²) in [6.07, 6.45) is 2.60. The Bertz CT molecular complexity index is 917. The largest absolute Gasteiger partial charge is 0.465 e. The summed E-state index contributed by atoms with van der Waals surface area (Å²) in [5.74, 6) is 0.405. The lowest BCUT2D eigenvalue weighted by molar-refractivity contribution is -0.116. The SMILES string of the molecule is COC(=O)c1ccccc1S/C(CCO)=C(/C)N(C=O)Cc1cnc(C)nc1N. The van der Waals surface area contributed by atoms with E-state index in [2.05, 4.69) is 9.97 Å². The van der Waals surface area contributed by atoms with Crippen LogP contribution in [0.2, 0.25) is 0 Å². The van der Waals surface area contributed by atoms with E-state index in [0.717, 1.165) is 4.91 Å². The van der Waals surface area contributed by atoms with Crippen LogP contribution in [0.4, 0.5) is 5.82 Å². The van der Waals surface area contributed by atoms with Crippen LogP contribution in [-0.4, -0.2) is 46.1 Å². The molecule has 2 rings (SSSR count). The number of methoxy groups -OCH3 is 1. The molecule has 1 aromatic carbocycles. The first-order valence-electron chi connectivity index (χ1n) is 8.87. The number of aliphatic hydroxyl groups is 1. The number of thioether (sulfide) groups is 1. The smallest absolute Gasteiger partial charge is 0.339 e. The second kappa shape index (κ2) is 10.6. The fraction of sp³-hybridized carbons (Fsp3) is 0.300. The second-order valence-electron chi connectivity index (χ2n) is 6.13. The number of benzene rings is 1. The highest BCUT2D eigenvalue weighted by molar-refractivity contribution is 8.03. The van der Waals surface area contributed by atoms with Crippen molar-refractivity contribution in [1.82, 2.24) is 14.9 Å². The summed E-state index contributed by atoms with van der Waals surface area (Å²) in [6, 6.07) is 7.01. The predicted molar refractivity (Wildman–Crippen MR) is 111 cm³/mol. The molecule has 2 aromatic rings. The molecule has 0 unspecified atom stereocenters. The fourth-order valence-electron chi connectivity index (χ4n) is 2.59. The summed E-state index contributed by atoms with van der Waals surface area (Å²) in [7, 11) is 1.32. The van der Waals surface area contributed by atoms with Gasteiger partial charge in [-0.1, -0.05) is 23.9 Å². The van der Waals surface area contributed by atoms with Gasteiger partial charge in [-0.15, -0.1) is 0 Å². The first kappa shape index (κ1) is 22.4. The van der Waals surface area contributed by atoms with Gasteiger partial charge in [0.2, 0.25) is 6.41 Å². The average molecular weight is 417 g/mol. The molecule has 0 saturated carbocycles. The number of allylic oxidation sites excluding steroid dienone is 1. The predicted octanol–water partition coefficient (Wildman–Crippen LogP) is 2.52. The third kappa shape index (κ3) is 5.78. The minimum Gasteiger partial charge on any atom is -0.465 e. The lowest BCUT2D eigenvalue weighted by Gasteiger charge is -2.22. The Labute approximate surface area is 173 Å². The summed E-state index contributed by atoms with van der Waals surface area (Å²) < 4.78 is 4.84. The van der Waals surface area contributed by atoms with Gasteiger partial charge in [0.05, 0.1) is 19.2 Å². The van der Waals surface area contributed by atoms with E-state index in [-0.39, 0.29) is 13.2 Å². The van der Waals surface area contributed by atoms with Crippen molar-refractivity contribution in [1.29, 1.82) is 0 Å². The van der Waals surface area contributed by atoms with E-state index in [1.54, 1.807) is 38.2 Å². The quantitative estimate of drug-likeness (QED) is 0.364. The summed E-state index contributed by atoms with van der Waals surface area (Å²) >= 11 is 1.31. The molecule has 1 amide bonds. The molecule has 0 aliphatic carbocycles. The van der Waals surface area contributed by atoms with Gasteiger partial charge in [-0.2, -0.15) is 0 Å². The number of anilines is 1. The third-order valence-corrected chi connectivity index (χ3v) is 5.51. The van der Waals surface area contributed by atoms with E-state index in [9.17, 15) is 14.7 Å². The van der Waals surface area contributed by atoms with Gasteiger partial charge in [0, 0.05) is 40.3 Å². The number of nitrogens with zero attached hydrogens (tertiary/aromatic N) is 3. The molecule has 9 heteroatoms. The van der Waals surface area contributed by atoms with Crippen molar-refractivity contribution < 1.29 is 19.4 Å². The molecular formula is C20H24N4O4S. The maximum atomic E-state index is 12.0. The summed E-state index contributed by atoms with van der Waals surface area (Å²) in [6.45, 7) is 3.59. The van der Waals surface area contributed by atoms with Gasteiger partial charge >= 0.3 is 5.97 Å². The van der Waals surface area contributed by atoms with E-state index < -0.39 is 5.97 Å². The number of nitrogen functional groups attached to an aromatic ring is 1. The molecule has 29 heavy (non-hydrogen) atoms. The van der Waals surface area contributed by atoms with Gasteiger partial charge in [0.1, 0.15) is 11.6 Å². The van der Waals surface area contributed by atoms with Crippen molar-refractivity contribution in [3.8, 4) is 0 Å². The van der Waals surface area contributed by atoms with Crippen molar-refractivity contribution in [3.05, 3.63) is 58.0 Å². The van der Waals surface area contributed by atoms with E-state index in [0.29, 0.717) is 46.2 Å². The Morgan fingerprint density at radius 2 is 2.10 bits per heavy atom. The van der Waals surface area contributed by atoms with Gasteiger partial charge in [0.15, 0.2) is 0 Å². The van der Waals surface area contributed by atoms with E-state index >= 15 is 0 Å². The van der Waals surface area contributed by atoms with Crippen LogP contribution in [0.15, 0.2) is 46.0 Å². The van der Waals surface area contributed by atoms with Gasteiger partial charge in [-0.25, -0.2) is 14.8 Å². The van der Waals surface area contributed by atoms with Crippen LogP contribution in [0.3, 0.4) is 0 Å². The number of hydrogen-bond donors (Lipinski definition) is 2. The topological polar surface area (TPSA) is 119 Å². The van der Waals surface area contributed by atoms with Crippen LogP contribution in [0.25, 0.3) is 0 Å². The number of aromatic nitrogens is 2. The Morgan fingerprint density at radius 1 is 1.38 bits per heavy atom. The number of aryl methyl sites for hydroxylation is 1. The number of amides is 1. The zero-order chi connectivity index (χ0) is 21.4. The van der Waals surface area contributed by atoms with Crippen molar-refractivity contribution in [3.63, 3.8) is 0 Å². The van der Waals surface area contributed by atoms with Crippen LogP contribution in [-0.2, 0) is 16.1 Å². The highest BCUT2D eigenvalue weighted by Crippen LogP contribution is 2.35. The zero-order valence-corrected chi connectivity index (χ0v) is 17.4. The first-order valence-corrected chi connectivity index (χ1v) is 9.68. The Balaban J connectivity index is 2.37. The van der Waals surface area contributed by atoms with Crippen LogP contribution in [0.5, 0.6) is 0 Å². The van der Waals surface area contributed by atoms with Crippen molar-refractivity contribution in [2.24, 2.45) is 0 Å². The van der Waals surface area contributed by atoms with Crippen molar-refractivity contribution in [2.45, 2.75) is 31.7 Å². The average Bonchev–Trinajstić information content (AvgIpc) is 2.72. The standard InChI is InChI=1S/C20H24N4O4S/c1-13(24(12-26)11-15-10-22-14(2)23-19(15)21)17(8-9-25)29-18-7-5-4-6-16(18)20(27)28-3/h4-7,10,12,25H,8-9,11H2,1-3H3,(H2,21,22,23)/b17-13-. The molecule has 1 heterocycles. The molecule has 0 aliphatic heterocycles. The van der Waals surface area contributed by atoms with Crippen molar-refractivity contribution in [2.75, 3.05) is 19.5 Å². The maximum Gasteiger partial charge on any atom is 0.339 e. The van der Waals surface area contributed by atoms with E-state index in [4.69, 9.17) is 10.5 Å². The number of hydrogen-bond acceptors (Lipinski definition) is 8.